The molecule has 1 aliphatic rings. The average molecular weight is 235 g/mol. The van der Waals surface area contributed by atoms with Gasteiger partial charge in [-0.3, -0.25) is 0 Å². The van der Waals surface area contributed by atoms with Gasteiger partial charge in [0.15, 0.2) is 9.84 Å². The van der Waals surface area contributed by atoms with Crippen LogP contribution in [0.25, 0.3) is 0 Å². The van der Waals surface area contributed by atoms with Crippen molar-refractivity contribution >= 4 is 9.84 Å². The number of hydrogen-bond acceptors (Lipinski definition) is 4. The molecule has 90 valence electrons. The van der Waals surface area contributed by atoms with E-state index in [0.29, 0.717) is 11.7 Å². The van der Waals surface area contributed by atoms with Crippen LogP contribution in [0.5, 0.6) is 0 Å². The Hall–Kier alpha value is -0.130. The number of rotatable bonds is 4. The number of hydrogen-bond donors (Lipinski definition) is 2. The van der Waals surface area contributed by atoms with Crippen molar-refractivity contribution in [2.75, 3.05) is 18.1 Å². The van der Waals surface area contributed by atoms with Gasteiger partial charge in [-0.1, -0.05) is 13.8 Å². The molecule has 1 aliphatic heterocycles. The Morgan fingerprint density at radius 2 is 2.13 bits per heavy atom. The molecule has 5 heteroatoms. The zero-order valence-corrected chi connectivity index (χ0v) is 10.3. The van der Waals surface area contributed by atoms with Gasteiger partial charge < -0.3 is 10.4 Å². The van der Waals surface area contributed by atoms with Gasteiger partial charge in [0.05, 0.1) is 18.1 Å². The smallest absolute Gasteiger partial charge is 0.151 e. The van der Waals surface area contributed by atoms with E-state index in [9.17, 15) is 8.42 Å². The highest BCUT2D eigenvalue weighted by atomic mass is 32.2. The molecule has 0 radical (unpaired) electrons. The highest BCUT2D eigenvalue weighted by molar-refractivity contribution is 7.91. The van der Waals surface area contributed by atoms with E-state index in [1.807, 2.05) is 13.8 Å². The summed E-state index contributed by atoms with van der Waals surface area (Å²) in [5.41, 5.74) is 0. The van der Waals surface area contributed by atoms with Gasteiger partial charge in [0.1, 0.15) is 0 Å². The molecule has 2 atom stereocenters. The molecule has 0 aromatic carbocycles. The summed E-state index contributed by atoms with van der Waals surface area (Å²) in [6.07, 6.45) is 1.62. The minimum Gasteiger partial charge on any atom is -0.395 e. The fourth-order valence-electron chi connectivity index (χ4n) is 1.91. The molecule has 1 fully saturated rings. The Bertz CT molecular complexity index is 287. The van der Waals surface area contributed by atoms with Crippen LogP contribution in [0.15, 0.2) is 0 Å². The Morgan fingerprint density at radius 1 is 1.47 bits per heavy atom. The molecule has 1 saturated heterocycles. The molecule has 0 aliphatic carbocycles. The molecule has 0 aromatic rings. The molecular formula is C10H21NO3S. The Labute approximate surface area is 92.0 Å². The van der Waals surface area contributed by atoms with E-state index < -0.39 is 9.84 Å². The normalized spacial score (nSPS) is 27.9. The fraction of sp³-hybridized carbons (Fsp3) is 1.00. The maximum atomic E-state index is 11.4. The third-order valence-electron chi connectivity index (χ3n) is 2.91. The Balaban J connectivity index is 2.50. The van der Waals surface area contributed by atoms with Gasteiger partial charge in [0.25, 0.3) is 0 Å². The van der Waals surface area contributed by atoms with E-state index in [-0.39, 0.29) is 24.4 Å². The first-order valence-corrected chi connectivity index (χ1v) is 7.34. The van der Waals surface area contributed by atoms with E-state index in [4.69, 9.17) is 5.11 Å². The minimum atomic E-state index is -2.86. The average Bonchev–Trinajstić information content (AvgIpc) is 2.12. The van der Waals surface area contributed by atoms with Crippen molar-refractivity contribution in [1.29, 1.82) is 0 Å². The summed E-state index contributed by atoms with van der Waals surface area (Å²) in [5, 5.41) is 12.4. The summed E-state index contributed by atoms with van der Waals surface area (Å²) in [4.78, 5) is 0. The van der Waals surface area contributed by atoms with Crippen LogP contribution in [0.4, 0.5) is 0 Å². The lowest BCUT2D eigenvalue weighted by Gasteiger charge is -2.29. The molecule has 4 nitrogen and oxygen atoms in total. The second-order valence-corrected chi connectivity index (χ2v) is 6.88. The summed E-state index contributed by atoms with van der Waals surface area (Å²) >= 11 is 0. The van der Waals surface area contributed by atoms with Crippen LogP contribution in [-0.2, 0) is 9.84 Å². The van der Waals surface area contributed by atoms with E-state index in [1.54, 1.807) is 0 Å². The van der Waals surface area contributed by atoms with Crippen LogP contribution in [0.1, 0.15) is 26.7 Å². The van der Waals surface area contributed by atoms with Crippen molar-refractivity contribution in [1.82, 2.24) is 5.32 Å². The number of nitrogens with one attached hydrogen (secondary N) is 1. The van der Waals surface area contributed by atoms with Crippen molar-refractivity contribution in [3.05, 3.63) is 0 Å². The maximum Gasteiger partial charge on any atom is 0.151 e. The Morgan fingerprint density at radius 3 is 2.60 bits per heavy atom. The van der Waals surface area contributed by atoms with Gasteiger partial charge in [-0.2, -0.15) is 0 Å². The molecule has 0 aromatic heterocycles. The van der Waals surface area contributed by atoms with E-state index >= 15 is 0 Å². The lowest BCUT2D eigenvalue weighted by Crippen LogP contribution is -2.48. The molecule has 2 N–H and O–H groups in total. The lowest BCUT2D eigenvalue weighted by molar-refractivity contribution is 0.199. The van der Waals surface area contributed by atoms with Gasteiger partial charge in [0, 0.05) is 12.1 Å². The van der Waals surface area contributed by atoms with E-state index in [1.165, 1.54) is 0 Å². The second-order valence-electron chi connectivity index (χ2n) is 4.65. The monoisotopic (exact) mass is 235 g/mol. The van der Waals surface area contributed by atoms with Gasteiger partial charge in [-0.15, -0.1) is 0 Å². The SMILES string of the molecule is CC(C)C(CO)NC1CCCS(=O)(=O)C1. The molecule has 0 bridgehead atoms. The van der Waals surface area contributed by atoms with Crippen molar-refractivity contribution < 1.29 is 13.5 Å². The van der Waals surface area contributed by atoms with Gasteiger partial charge in [0.2, 0.25) is 0 Å². The third kappa shape index (κ3) is 4.09. The summed E-state index contributed by atoms with van der Waals surface area (Å²) in [7, 11) is -2.86. The first-order valence-electron chi connectivity index (χ1n) is 5.52. The molecule has 1 rings (SSSR count). The quantitative estimate of drug-likeness (QED) is 0.729. The zero-order chi connectivity index (χ0) is 11.5. The van der Waals surface area contributed by atoms with Gasteiger partial charge in [-0.25, -0.2) is 8.42 Å². The third-order valence-corrected chi connectivity index (χ3v) is 4.74. The van der Waals surface area contributed by atoms with Crippen molar-refractivity contribution in [2.24, 2.45) is 5.92 Å². The van der Waals surface area contributed by atoms with Crippen molar-refractivity contribution in [2.45, 2.75) is 38.8 Å². The first kappa shape index (κ1) is 12.9. The van der Waals surface area contributed by atoms with E-state index in [2.05, 4.69) is 5.32 Å². The van der Waals surface area contributed by atoms with Crippen LogP contribution in [0, 0.1) is 5.92 Å². The maximum absolute atomic E-state index is 11.4. The minimum absolute atomic E-state index is 0.00306. The first-order chi connectivity index (χ1) is 6.94. The molecule has 0 amide bonds. The van der Waals surface area contributed by atoms with Crippen LogP contribution in [0.2, 0.25) is 0 Å². The second kappa shape index (κ2) is 5.27. The van der Waals surface area contributed by atoms with Gasteiger partial charge >= 0.3 is 0 Å². The molecular weight excluding hydrogens is 214 g/mol. The number of aliphatic hydroxyl groups excluding tert-OH is 1. The molecule has 0 spiro atoms. The summed E-state index contributed by atoms with van der Waals surface area (Å²) in [6, 6.07) is 0.0200. The predicted molar refractivity (Wildman–Crippen MR) is 60.5 cm³/mol. The van der Waals surface area contributed by atoms with Gasteiger partial charge in [-0.05, 0) is 18.8 Å². The summed E-state index contributed by atoms with van der Waals surface area (Å²) in [5.74, 6) is 0.854. The number of aliphatic hydroxyl groups is 1. The van der Waals surface area contributed by atoms with Crippen LogP contribution in [0.3, 0.4) is 0 Å². The fourth-order valence-corrected chi connectivity index (χ4v) is 3.56. The van der Waals surface area contributed by atoms with Crippen LogP contribution >= 0.6 is 0 Å². The zero-order valence-electron chi connectivity index (χ0n) is 9.44. The van der Waals surface area contributed by atoms with Crippen LogP contribution in [-0.4, -0.2) is 43.7 Å². The summed E-state index contributed by atoms with van der Waals surface area (Å²) in [6.45, 7) is 4.10. The molecule has 15 heavy (non-hydrogen) atoms. The standard InChI is InChI=1S/C10H21NO3S/c1-8(2)10(6-12)11-9-4-3-5-15(13,14)7-9/h8-12H,3-7H2,1-2H3. The highest BCUT2D eigenvalue weighted by Gasteiger charge is 2.26. The number of sulfone groups is 1. The summed E-state index contributed by atoms with van der Waals surface area (Å²) < 4.78 is 22.8. The topological polar surface area (TPSA) is 66.4 Å². The van der Waals surface area contributed by atoms with Crippen molar-refractivity contribution in [3.8, 4) is 0 Å². The Kier molecular flexibility index (Phi) is 4.55. The lowest BCUT2D eigenvalue weighted by atomic mass is 10.0. The van der Waals surface area contributed by atoms with Crippen LogP contribution < -0.4 is 5.32 Å². The van der Waals surface area contributed by atoms with Crippen molar-refractivity contribution in [3.63, 3.8) is 0 Å². The highest BCUT2D eigenvalue weighted by Crippen LogP contribution is 2.14. The molecule has 1 heterocycles. The largest absolute Gasteiger partial charge is 0.395 e. The molecule has 0 saturated carbocycles. The van der Waals surface area contributed by atoms with E-state index in [0.717, 1.165) is 12.8 Å². The predicted octanol–water partition coefficient (Wildman–Crippen LogP) is 0.170. The molecule has 2 unspecified atom stereocenters.